The van der Waals surface area contributed by atoms with E-state index in [1.807, 2.05) is 24.3 Å². The highest BCUT2D eigenvalue weighted by molar-refractivity contribution is 6.60. The fourth-order valence-electron chi connectivity index (χ4n) is 1.82. The summed E-state index contributed by atoms with van der Waals surface area (Å²) in [5, 5.41) is 23.9. The molecule has 0 fully saturated rings. The molecule has 1 aromatic carbocycles. The van der Waals surface area contributed by atoms with E-state index < -0.39 is 18.3 Å². The van der Waals surface area contributed by atoms with E-state index in [2.05, 4.69) is 12.2 Å². The summed E-state index contributed by atoms with van der Waals surface area (Å²) < 4.78 is 5.71. The lowest BCUT2D eigenvalue weighted by atomic mass is 9.74. The van der Waals surface area contributed by atoms with Crippen LogP contribution in [0.3, 0.4) is 0 Å². The first-order valence-corrected chi connectivity index (χ1v) is 7.56. The van der Waals surface area contributed by atoms with Crippen LogP contribution in [0.5, 0.6) is 0 Å². The van der Waals surface area contributed by atoms with Crippen molar-refractivity contribution in [3.63, 3.8) is 0 Å². The Morgan fingerprint density at radius 1 is 1.19 bits per heavy atom. The highest BCUT2D eigenvalue weighted by atomic mass is 16.5. The van der Waals surface area contributed by atoms with Crippen LogP contribution in [0.4, 0.5) is 0 Å². The second-order valence-electron chi connectivity index (χ2n) is 6.42. The van der Waals surface area contributed by atoms with Crippen molar-refractivity contribution in [3.05, 3.63) is 29.8 Å². The van der Waals surface area contributed by atoms with Crippen molar-refractivity contribution >= 4 is 12.6 Å². The first kappa shape index (κ1) is 18.2. The van der Waals surface area contributed by atoms with Gasteiger partial charge in [-0.3, -0.25) is 0 Å². The standard InChI is InChI=1S/C16H28BNO3/c1-6-11-18-12-13-9-7-8-10-14(13)17(20)21-16(4,5)15(2,3)19/h7-10,18-20H,6,11-12H2,1-5H3. The zero-order valence-electron chi connectivity index (χ0n) is 13.8. The summed E-state index contributed by atoms with van der Waals surface area (Å²) in [6, 6.07) is 7.65. The van der Waals surface area contributed by atoms with Gasteiger partial charge in [0.15, 0.2) is 0 Å². The van der Waals surface area contributed by atoms with Crippen LogP contribution in [0, 0.1) is 0 Å². The van der Waals surface area contributed by atoms with Crippen molar-refractivity contribution in [2.24, 2.45) is 0 Å². The third-order valence-electron chi connectivity index (χ3n) is 3.94. The Morgan fingerprint density at radius 3 is 2.38 bits per heavy atom. The van der Waals surface area contributed by atoms with Gasteiger partial charge in [0.2, 0.25) is 0 Å². The third-order valence-corrected chi connectivity index (χ3v) is 3.94. The lowest BCUT2D eigenvalue weighted by molar-refractivity contribution is -0.0982. The number of aliphatic hydroxyl groups is 1. The molecule has 3 N–H and O–H groups in total. The predicted octanol–water partition coefficient (Wildman–Crippen LogP) is 1.44. The summed E-state index contributed by atoms with van der Waals surface area (Å²) >= 11 is 0. The van der Waals surface area contributed by atoms with Crippen LogP contribution in [0.1, 0.15) is 46.6 Å². The lowest BCUT2D eigenvalue weighted by Gasteiger charge is -2.38. The van der Waals surface area contributed by atoms with E-state index in [4.69, 9.17) is 4.65 Å². The molecular weight excluding hydrogens is 265 g/mol. The number of rotatable bonds is 8. The highest BCUT2D eigenvalue weighted by Crippen LogP contribution is 2.25. The van der Waals surface area contributed by atoms with Crippen molar-refractivity contribution in [2.75, 3.05) is 6.54 Å². The quantitative estimate of drug-likeness (QED) is 0.501. The molecular formula is C16H28BNO3. The second-order valence-corrected chi connectivity index (χ2v) is 6.42. The number of nitrogens with one attached hydrogen (secondary N) is 1. The second kappa shape index (κ2) is 7.41. The number of hydrogen-bond donors (Lipinski definition) is 3. The van der Waals surface area contributed by atoms with Crippen LogP contribution in [-0.4, -0.2) is 35.0 Å². The van der Waals surface area contributed by atoms with Gasteiger partial charge in [0.1, 0.15) is 0 Å². The summed E-state index contributed by atoms with van der Waals surface area (Å²) in [7, 11) is -1.06. The van der Waals surface area contributed by atoms with Crippen LogP contribution in [-0.2, 0) is 11.2 Å². The van der Waals surface area contributed by atoms with E-state index in [1.54, 1.807) is 27.7 Å². The Bertz CT molecular complexity index is 443. The molecule has 0 bridgehead atoms. The first-order valence-electron chi connectivity index (χ1n) is 7.56. The Balaban J connectivity index is 2.85. The summed E-state index contributed by atoms with van der Waals surface area (Å²) in [5.74, 6) is 0. The van der Waals surface area contributed by atoms with Crippen molar-refractivity contribution in [3.8, 4) is 0 Å². The monoisotopic (exact) mass is 293 g/mol. The first-order chi connectivity index (χ1) is 9.69. The molecule has 0 atom stereocenters. The Kier molecular flexibility index (Phi) is 6.41. The van der Waals surface area contributed by atoms with Crippen LogP contribution in [0.25, 0.3) is 0 Å². The topological polar surface area (TPSA) is 61.7 Å². The van der Waals surface area contributed by atoms with Crippen molar-refractivity contribution < 1.29 is 14.8 Å². The van der Waals surface area contributed by atoms with E-state index in [0.29, 0.717) is 6.54 Å². The van der Waals surface area contributed by atoms with Gasteiger partial charge in [-0.2, -0.15) is 0 Å². The summed E-state index contributed by atoms with van der Waals surface area (Å²) in [4.78, 5) is 0. The fourth-order valence-corrected chi connectivity index (χ4v) is 1.82. The van der Waals surface area contributed by atoms with E-state index in [0.717, 1.165) is 24.0 Å². The van der Waals surface area contributed by atoms with Gasteiger partial charge in [-0.05, 0) is 51.7 Å². The molecule has 4 nitrogen and oxygen atoms in total. The third kappa shape index (κ3) is 5.11. The molecule has 0 amide bonds. The SMILES string of the molecule is CCCNCc1ccccc1B(O)OC(C)(C)C(C)(C)O. The van der Waals surface area contributed by atoms with Crippen molar-refractivity contribution in [1.29, 1.82) is 0 Å². The van der Waals surface area contributed by atoms with Crippen LogP contribution >= 0.6 is 0 Å². The Morgan fingerprint density at radius 2 is 1.81 bits per heavy atom. The van der Waals surface area contributed by atoms with Gasteiger partial charge in [-0.1, -0.05) is 31.2 Å². The largest absolute Gasteiger partial charge is 0.491 e. The molecule has 0 saturated heterocycles. The summed E-state index contributed by atoms with van der Waals surface area (Å²) in [6.07, 6.45) is 1.06. The minimum atomic E-state index is -1.06. The smallest absolute Gasteiger partial charge is 0.423 e. The Labute approximate surface area is 128 Å². The maximum absolute atomic E-state index is 10.4. The number of benzene rings is 1. The normalized spacial score (nSPS) is 12.5. The lowest BCUT2D eigenvalue weighted by Crippen LogP contribution is -2.53. The molecule has 118 valence electrons. The molecule has 0 aromatic heterocycles. The summed E-state index contributed by atoms with van der Waals surface area (Å²) in [5.41, 5.74) is -0.178. The van der Waals surface area contributed by atoms with Gasteiger partial charge in [-0.25, -0.2) is 0 Å². The maximum Gasteiger partial charge on any atom is 0.491 e. The average Bonchev–Trinajstić information content (AvgIpc) is 2.37. The zero-order chi connectivity index (χ0) is 16.1. The molecule has 0 radical (unpaired) electrons. The van der Waals surface area contributed by atoms with Gasteiger partial charge in [-0.15, -0.1) is 0 Å². The Hall–Kier alpha value is -0.875. The van der Waals surface area contributed by atoms with Gasteiger partial charge in [0, 0.05) is 6.54 Å². The molecule has 1 aromatic rings. The average molecular weight is 293 g/mol. The van der Waals surface area contributed by atoms with Crippen LogP contribution in [0.2, 0.25) is 0 Å². The molecule has 21 heavy (non-hydrogen) atoms. The molecule has 0 aliphatic heterocycles. The molecule has 0 spiro atoms. The van der Waals surface area contributed by atoms with Crippen LogP contribution < -0.4 is 10.8 Å². The molecule has 0 aliphatic rings. The van der Waals surface area contributed by atoms with E-state index in [-0.39, 0.29) is 0 Å². The molecule has 0 heterocycles. The van der Waals surface area contributed by atoms with Gasteiger partial charge in [0.05, 0.1) is 11.2 Å². The fraction of sp³-hybridized carbons (Fsp3) is 0.625. The zero-order valence-corrected chi connectivity index (χ0v) is 13.8. The molecule has 1 rings (SSSR count). The van der Waals surface area contributed by atoms with Crippen LogP contribution in [0.15, 0.2) is 24.3 Å². The maximum atomic E-state index is 10.4. The molecule has 5 heteroatoms. The summed E-state index contributed by atoms with van der Waals surface area (Å²) in [6.45, 7) is 10.6. The van der Waals surface area contributed by atoms with Gasteiger partial charge in [0.25, 0.3) is 0 Å². The molecule has 0 saturated carbocycles. The van der Waals surface area contributed by atoms with Crippen molar-refractivity contribution in [2.45, 2.75) is 58.8 Å². The van der Waals surface area contributed by atoms with E-state index in [1.165, 1.54) is 0 Å². The number of hydrogen-bond acceptors (Lipinski definition) is 4. The van der Waals surface area contributed by atoms with E-state index >= 15 is 0 Å². The van der Waals surface area contributed by atoms with Gasteiger partial charge < -0.3 is 20.1 Å². The van der Waals surface area contributed by atoms with Gasteiger partial charge >= 0.3 is 7.12 Å². The van der Waals surface area contributed by atoms with Crippen molar-refractivity contribution in [1.82, 2.24) is 5.32 Å². The predicted molar refractivity (Wildman–Crippen MR) is 87.5 cm³/mol. The van der Waals surface area contributed by atoms with E-state index in [9.17, 15) is 10.1 Å². The molecule has 0 aliphatic carbocycles. The minimum absolute atomic E-state index is 0.688. The molecule has 0 unspecified atom stereocenters. The highest BCUT2D eigenvalue weighted by Gasteiger charge is 2.39. The minimum Gasteiger partial charge on any atom is -0.423 e.